The molecule has 0 saturated heterocycles. The fourth-order valence-electron chi connectivity index (χ4n) is 2.12. The molecule has 24 heavy (non-hydrogen) atoms. The molecule has 0 aliphatic rings. The first kappa shape index (κ1) is 17.2. The van der Waals surface area contributed by atoms with E-state index in [9.17, 15) is 14.9 Å². The summed E-state index contributed by atoms with van der Waals surface area (Å²) < 4.78 is 5.10. The van der Waals surface area contributed by atoms with Gasteiger partial charge in [0.05, 0.1) is 18.1 Å². The third kappa shape index (κ3) is 4.67. The van der Waals surface area contributed by atoms with E-state index in [0.29, 0.717) is 5.56 Å². The van der Waals surface area contributed by atoms with Gasteiger partial charge in [0.1, 0.15) is 5.75 Å². The molecule has 0 aliphatic heterocycles. The number of benzene rings is 2. The van der Waals surface area contributed by atoms with Crippen molar-refractivity contribution in [2.45, 2.75) is 13.0 Å². The highest BCUT2D eigenvalue weighted by atomic mass is 16.6. The minimum Gasteiger partial charge on any atom is -0.497 e. The molecule has 1 amide bonds. The summed E-state index contributed by atoms with van der Waals surface area (Å²) in [6, 6.07) is 13.3. The van der Waals surface area contributed by atoms with E-state index in [1.54, 1.807) is 25.3 Å². The largest absolute Gasteiger partial charge is 0.497 e. The van der Waals surface area contributed by atoms with Crippen molar-refractivity contribution in [2.75, 3.05) is 7.11 Å². The van der Waals surface area contributed by atoms with Crippen LogP contribution in [0.3, 0.4) is 0 Å². The quantitative estimate of drug-likeness (QED) is 0.500. The van der Waals surface area contributed by atoms with Crippen molar-refractivity contribution in [1.82, 2.24) is 5.32 Å². The highest BCUT2D eigenvalue weighted by Gasteiger charge is 2.08. The second kappa shape index (κ2) is 7.92. The molecule has 1 atom stereocenters. The first-order chi connectivity index (χ1) is 11.5. The van der Waals surface area contributed by atoms with Crippen LogP contribution in [0.5, 0.6) is 5.75 Å². The van der Waals surface area contributed by atoms with Crippen LogP contribution in [0.15, 0.2) is 54.6 Å². The average molecular weight is 326 g/mol. The molecule has 6 nitrogen and oxygen atoms in total. The number of nitro groups is 1. The number of carbonyl (C=O) groups is 1. The van der Waals surface area contributed by atoms with Gasteiger partial charge in [-0.05, 0) is 48.4 Å². The van der Waals surface area contributed by atoms with Crippen LogP contribution < -0.4 is 10.1 Å². The molecule has 0 saturated carbocycles. The van der Waals surface area contributed by atoms with E-state index in [1.807, 2.05) is 31.2 Å². The molecule has 0 bridgehead atoms. The Hall–Kier alpha value is -3.15. The van der Waals surface area contributed by atoms with Crippen LogP contribution >= 0.6 is 0 Å². The number of amides is 1. The van der Waals surface area contributed by atoms with Gasteiger partial charge < -0.3 is 10.1 Å². The third-order valence-corrected chi connectivity index (χ3v) is 3.51. The molecule has 0 spiro atoms. The SMILES string of the molecule is COc1ccc([C@@H](C)NC(=O)/C=C/c2ccc([N+](=O)[O-])cc2)cc1. The van der Waals surface area contributed by atoms with Gasteiger partial charge in [-0.15, -0.1) is 0 Å². The number of methoxy groups -OCH3 is 1. The Morgan fingerprint density at radius 2 is 1.79 bits per heavy atom. The van der Waals surface area contributed by atoms with Crippen molar-refractivity contribution in [1.29, 1.82) is 0 Å². The number of non-ortho nitro benzene ring substituents is 1. The predicted octanol–water partition coefficient (Wildman–Crippen LogP) is 3.49. The smallest absolute Gasteiger partial charge is 0.269 e. The molecule has 0 radical (unpaired) electrons. The van der Waals surface area contributed by atoms with E-state index in [-0.39, 0.29) is 17.6 Å². The molecule has 0 unspecified atom stereocenters. The molecule has 2 aromatic rings. The minimum atomic E-state index is -0.462. The summed E-state index contributed by atoms with van der Waals surface area (Å²) in [6.07, 6.45) is 3.01. The summed E-state index contributed by atoms with van der Waals surface area (Å²) in [7, 11) is 1.60. The summed E-state index contributed by atoms with van der Waals surface area (Å²) in [5.74, 6) is 0.520. The summed E-state index contributed by atoms with van der Waals surface area (Å²) in [4.78, 5) is 22.1. The zero-order valence-corrected chi connectivity index (χ0v) is 13.4. The van der Waals surface area contributed by atoms with Gasteiger partial charge in [0, 0.05) is 18.2 Å². The highest BCUT2D eigenvalue weighted by molar-refractivity contribution is 5.92. The number of nitrogens with one attached hydrogen (secondary N) is 1. The Balaban J connectivity index is 1.94. The molecular weight excluding hydrogens is 308 g/mol. The van der Waals surface area contributed by atoms with E-state index in [4.69, 9.17) is 4.74 Å². The van der Waals surface area contributed by atoms with E-state index in [1.165, 1.54) is 18.2 Å². The molecule has 0 fully saturated rings. The third-order valence-electron chi connectivity index (χ3n) is 3.51. The lowest BCUT2D eigenvalue weighted by molar-refractivity contribution is -0.384. The van der Waals surface area contributed by atoms with E-state index in [2.05, 4.69) is 5.32 Å². The van der Waals surface area contributed by atoms with Crippen LogP contribution in [-0.2, 0) is 4.79 Å². The minimum absolute atomic E-state index is 0.0183. The van der Waals surface area contributed by atoms with E-state index < -0.39 is 4.92 Å². The summed E-state index contributed by atoms with van der Waals surface area (Å²) in [5, 5.41) is 13.4. The number of ether oxygens (including phenoxy) is 1. The van der Waals surface area contributed by atoms with Gasteiger partial charge in [-0.25, -0.2) is 0 Å². The standard InChI is InChI=1S/C18H18N2O4/c1-13(15-6-10-17(24-2)11-7-15)19-18(21)12-5-14-3-8-16(9-4-14)20(22)23/h3-13H,1-2H3,(H,19,21)/b12-5+/t13-/m1/s1. The van der Waals surface area contributed by atoms with Crippen molar-refractivity contribution < 1.29 is 14.5 Å². The van der Waals surface area contributed by atoms with Crippen molar-refractivity contribution >= 4 is 17.7 Å². The molecule has 2 aromatic carbocycles. The molecule has 6 heteroatoms. The maximum atomic E-state index is 12.0. The monoisotopic (exact) mass is 326 g/mol. The van der Waals surface area contributed by atoms with Gasteiger partial charge in [0.2, 0.25) is 5.91 Å². The first-order valence-electron chi connectivity index (χ1n) is 7.36. The zero-order chi connectivity index (χ0) is 17.5. The topological polar surface area (TPSA) is 81.5 Å². The summed E-state index contributed by atoms with van der Waals surface area (Å²) in [5.41, 5.74) is 1.70. The number of carbonyl (C=O) groups excluding carboxylic acids is 1. The summed E-state index contributed by atoms with van der Waals surface area (Å²) in [6.45, 7) is 1.89. The fraction of sp³-hybridized carbons (Fsp3) is 0.167. The van der Waals surface area contributed by atoms with Crippen LogP contribution in [-0.4, -0.2) is 17.9 Å². The predicted molar refractivity (Wildman–Crippen MR) is 91.7 cm³/mol. The van der Waals surface area contributed by atoms with Crippen molar-refractivity contribution in [2.24, 2.45) is 0 Å². The Labute approximate surface area is 139 Å². The molecule has 0 aromatic heterocycles. The zero-order valence-electron chi connectivity index (χ0n) is 13.4. The number of nitrogens with zero attached hydrogens (tertiary/aromatic N) is 1. The van der Waals surface area contributed by atoms with Crippen LogP contribution in [0, 0.1) is 10.1 Å². The van der Waals surface area contributed by atoms with Gasteiger partial charge in [-0.3, -0.25) is 14.9 Å². The van der Waals surface area contributed by atoms with Gasteiger partial charge in [-0.1, -0.05) is 12.1 Å². The van der Waals surface area contributed by atoms with Gasteiger partial charge in [-0.2, -0.15) is 0 Å². The molecular formula is C18H18N2O4. The van der Waals surface area contributed by atoms with E-state index >= 15 is 0 Å². The van der Waals surface area contributed by atoms with Gasteiger partial charge in [0.15, 0.2) is 0 Å². The molecule has 124 valence electrons. The Morgan fingerprint density at radius 3 is 2.33 bits per heavy atom. The lowest BCUT2D eigenvalue weighted by Gasteiger charge is -2.13. The number of hydrogen-bond donors (Lipinski definition) is 1. The Bertz CT molecular complexity index is 737. The van der Waals surface area contributed by atoms with Gasteiger partial charge >= 0.3 is 0 Å². The number of nitro benzene ring substituents is 1. The molecule has 1 N–H and O–H groups in total. The Kier molecular flexibility index (Phi) is 5.68. The second-order valence-electron chi connectivity index (χ2n) is 5.19. The van der Waals surface area contributed by atoms with Crippen LogP contribution in [0.2, 0.25) is 0 Å². The lowest BCUT2D eigenvalue weighted by Crippen LogP contribution is -2.24. The fourth-order valence-corrected chi connectivity index (χ4v) is 2.12. The summed E-state index contributed by atoms with van der Waals surface area (Å²) >= 11 is 0. The highest BCUT2D eigenvalue weighted by Crippen LogP contribution is 2.17. The molecule has 0 aliphatic carbocycles. The van der Waals surface area contributed by atoms with Crippen molar-refractivity contribution in [3.05, 3.63) is 75.8 Å². The van der Waals surface area contributed by atoms with Crippen LogP contribution in [0.4, 0.5) is 5.69 Å². The molecule has 0 heterocycles. The molecule has 2 rings (SSSR count). The lowest BCUT2D eigenvalue weighted by atomic mass is 10.1. The van der Waals surface area contributed by atoms with Crippen LogP contribution in [0.1, 0.15) is 24.1 Å². The maximum absolute atomic E-state index is 12.0. The van der Waals surface area contributed by atoms with Crippen molar-refractivity contribution in [3.8, 4) is 5.75 Å². The normalized spacial score (nSPS) is 11.9. The number of hydrogen-bond acceptors (Lipinski definition) is 4. The maximum Gasteiger partial charge on any atom is 0.269 e. The Morgan fingerprint density at radius 1 is 1.17 bits per heavy atom. The van der Waals surface area contributed by atoms with Crippen molar-refractivity contribution in [3.63, 3.8) is 0 Å². The van der Waals surface area contributed by atoms with E-state index in [0.717, 1.165) is 11.3 Å². The van der Waals surface area contributed by atoms with Gasteiger partial charge in [0.25, 0.3) is 5.69 Å². The average Bonchev–Trinajstić information content (AvgIpc) is 2.60. The first-order valence-corrected chi connectivity index (χ1v) is 7.36. The van der Waals surface area contributed by atoms with Crippen LogP contribution in [0.25, 0.3) is 6.08 Å². The number of rotatable bonds is 6. The second-order valence-corrected chi connectivity index (χ2v) is 5.19.